The Morgan fingerprint density at radius 2 is 2.10 bits per heavy atom. The van der Waals surface area contributed by atoms with Gasteiger partial charge in [-0.3, -0.25) is 0 Å². The number of phenolic OH excluding ortho intramolecular Hbond substituents is 1. The number of hydrogen-bond donors (Lipinski definition) is 1. The quantitative estimate of drug-likeness (QED) is 0.895. The Hall–Kier alpha value is -1.11. The molecule has 6 heteroatoms. The molecule has 0 saturated heterocycles. The van der Waals surface area contributed by atoms with Crippen molar-refractivity contribution in [3.63, 3.8) is 0 Å². The summed E-state index contributed by atoms with van der Waals surface area (Å²) in [7, 11) is -3.31. The van der Waals surface area contributed by atoms with E-state index in [0.717, 1.165) is 11.1 Å². The van der Waals surface area contributed by atoms with E-state index < -0.39 is 10.0 Å². The fourth-order valence-electron chi connectivity index (χ4n) is 2.27. The van der Waals surface area contributed by atoms with Crippen molar-refractivity contribution in [2.75, 3.05) is 18.9 Å². The molecule has 0 fully saturated rings. The van der Waals surface area contributed by atoms with Crippen LogP contribution in [-0.2, 0) is 27.7 Å². The standard InChI is InChI=1S/C14H21NO4S/c1-11(2)19-7-8-20(17,18)15-6-5-12-3-4-14(16)9-13(12)10-15/h3-4,9,11,16H,5-8,10H2,1-2H3. The molecular formula is C14H21NO4S. The number of fused-ring (bicyclic) bond motifs is 1. The van der Waals surface area contributed by atoms with Crippen LogP contribution in [0.15, 0.2) is 18.2 Å². The summed E-state index contributed by atoms with van der Waals surface area (Å²) in [5.74, 6) is 0.172. The fraction of sp³-hybridized carbons (Fsp3) is 0.571. The van der Waals surface area contributed by atoms with Crippen LogP contribution in [0, 0.1) is 0 Å². The van der Waals surface area contributed by atoms with E-state index in [1.54, 1.807) is 12.1 Å². The highest BCUT2D eigenvalue weighted by Gasteiger charge is 2.26. The van der Waals surface area contributed by atoms with Crippen molar-refractivity contribution < 1.29 is 18.3 Å². The van der Waals surface area contributed by atoms with Gasteiger partial charge in [0.2, 0.25) is 10.0 Å². The molecule has 1 aliphatic heterocycles. The topological polar surface area (TPSA) is 66.8 Å². The SMILES string of the molecule is CC(C)OCCS(=O)(=O)N1CCc2ccc(O)cc2C1. The highest BCUT2D eigenvalue weighted by molar-refractivity contribution is 7.89. The first-order chi connectivity index (χ1) is 9.38. The van der Waals surface area contributed by atoms with Crippen LogP contribution in [-0.4, -0.2) is 42.8 Å². The zero-order valence-electron chi connectivity index (χ0n) is 11.9. The summed E-state index contributed by atoms with van der Waals surface area (Å²) in [4.78, 5) is 0. The van der Waals surface area contributed by atoms with Crippen LogP contribution < -0.4 is 0 Å². The second-order valence-corrected chi connectivity index (χ2v) is 7.36. The van der Waals surface area contributed by atoms with Crippen molar-refractivity contribution in [3.8, 4) is 5.75 Å². The van der Waals surface area contributed by atoms with Crippen molar-refractivity contribution in [3.05, 3.63) is 29.3 Å². The first kappa shape index (κ1) is 15.3. The lowest BCUT2D eigenvalue weighted by Gasteiger charge is -2.28. The van der Waals surface area contributed by atoms with Crippen molar-refractivity contribution in [2.24, 2.45) is 0 Å². The van der Waals surface area contributed by atoms with Crippen LogP contribution in [0.4, 0.5) is 0 Å². The van der Waals surface area contributed by atoms with Crippen LogP contribution in [0.1, 0.15) is 25.0 Å². The van der Waals surface area contributed by atoms with E-state index in [-0.39, 0.29) is 24.2 Å². The van der Waals surface area contributed by atoms with Gasteiger partial charge in [0.05, 0.1) is 18.5 Å². The number of hydrogen-bond acceptors (Lipinski definition) is 4. The second kappa shape index (κ2) is 6.11. The molecule has 1 aliphatic rings. The van der Waals surface area contributed by atoms with E-state index in [1.807, 2.05) is 19.9 Å². The molecule has 0 aliphatic carbocycles. The number of sulfonamides is 1. The van der Waals surface area contributed by atoms with E-state index in [0.29, 0.717) is 19.5 Å². The molecule has 5 nitrogen and oxygen atoms in total. The van der Waals surface area contributed by atoms with Crippen LogP contribution in [0.2, 0.25) is 0 Å². The lowest BCUT2D eigenvalue weighted by Crippen LogP contribution is -2.38. The predicted molar refractivity (Wildman–Crippen MR) is 77.1 cm³/mol. The minimum atomic E-state index is -3.31. The summed E-state index contributed by atoms with van der Waals surface area (Å²) in [5, 5.41) is 9.49. The molecule has 2 rings (SSSR count). The van der Waals surface area contributed by atoms with Gasteiger partial charge in [-0.15, -0.1) is 0 Å². The Morgan fingerprint density at radius 3 is 2.80 bits per heavy atom. The number of benzene rings is 1. The molecule has 112 valence electrons. The zero-order valence-corrected chi connectivity index (χ0v) is 12.7. The van der Waals surface area contributed by atoms with E-state index >= 15 is 0 Å². The van der Waals surface area contributed by atoms with Crippen molar-refractivity contribution in [1.82, 2.24) is 4.31 Å². The molecule has 0 aromatic heterocycles. The fourth-order valence-corrected chi connectivity index (χ4v) is 3.54. The van der Waals surface area contributed by atoms with E-state index in [4.69, 9.17) is 4.74 Å². The van der Waals surface area contributed by atoms with Crippen molar-refractivity contribution in [2.45, 2.75) is 32.9 Å². The lowest BCUT2D eigenvalue weighted by molar-refractivity contribution is 0.0906. The predicted octanol–water partition coefficient (Wildman–Crippen LogP) is 1.51. The molecule has 0 bridgehead atoms. The third-order valence-corrected chi connectivity index (χ3v) is 5.13. The van der Waals surface area contributed by atoms with Gasteiger partial charge in [-0.05, 0) is 43.5 Å². The van der Waals surface area contributed by atoms with Gasteiger partial charge < -0.3 is 9.84 Å². The first-order valence-electron chi connectivity index (χ1n) is 6.78. The average molecular weight is 299 g/mol. The number of aromatic hydroxyl groups is 1. The third kappa shape index (κ3) is 3.71. The normalized spacial score (nSPS) is 16.4. The summed E-state index contributed by atoms with van der Waals surface area (Å²) in [6, 6.07) is 5.14. The van der Waals surface area contributed by atoms with Crippen LogP contribution in [0.3, 0.4) is 0 Å². The maximum atomic E-state index is 12.2. The Bertz CT molecular complexity index is 569. The van der Waals surface area contributed by atoms with Crippen molar-refractivity contribution >= 4 is 10.0 Å². The molecule has 1 aromatic rings. The number of rotatable bonds is 5. The molecule has 1 N–H and O–H groups in total. The molecule has 0 radical (unpaired) electrons. The van der Waals surface area contributed by atoms with Gasteiger partial charge in [0.1, 0.15) is 5.75 Å². The zero-order chi connectivity index (χ0) is 14.8. The van der Waals surface area contributed by atoms with Gasteiger partial charge in [0.15, 0.2) is 0 Å². The minimum absolute atomic E-state index is 0.000666. The highest BCUT2D eigenvalue weighted by Crippen LogP contribution is 2.24. The summed E-state index contributed by atoms with van der Waals surface area (Å²) >= 11 is 0. The molecule has 0 amide bonds. The number of ether oxygens (including phenoxy) is 1. The first-order valence-corrected chi connectivity index (χ1v) is 8.39. The van der Waals surface area contributed by atoms with Crippen molar-refractivity contribution in [1.29, 1.82) is 0 Å². The Kier molecular flexibility index (Phi) is 4.67. The van der Waals surface area contributed by atoms with Gasteiger partial charge in [-0.1, -0.05) is 6.07 Å². The summed E-state index contributed by atoms with van der Waals surface area (Å²) in [6.07, 6.45) is 0.712. The van der Waals surface area contributed by atoms with E-state index in [9.17, 15) is 13.5 Å². The van der Waals surface area contributed by atoms with Crippen LogP contribution >= 0.6 is 0 Å². The molecule has 1 aromatic carbocycles. The largest absolute Gasteiger partial charge is 0.508 e. The summed E-state index contributed by atoms with van der Waals surface area (Å²) in [5.41, 5.74) is 1.98. The van der Waals surface area contributed by atoms with Crippen LogP contribution in [0.25, 0.3) is 0 Å². The Morgan fingerprint density at radius 1 is 1.35 bits per heavy atom. The molecule has 0 atom stereocenters. The maximum Gasteiger partial charge on any atom is 0.216 e. The lowest BCUT2D eigenvalue weighted by atomic mass is 10.0. The minimum Gasteiger partial charge on any atom is -0.508 e. The summed E-state index contributed by atoms with van der Waals surface area (Å²) in [6.45, 7) is 4.79. The monoisotopic (exact) mass is 299 g/mol. The molecule has 20 heavy (non-hydrogen) atoms. The van der Waals surface area contributed by atoms with Gasteiger partial charge in [-0.2, -0.15) is 4.31 Å². The van der Waals surface area contributed by atoms with Gasteiger partial charge >= 0.3 is 0 Å². The Labute approximate surface area is 120 Å². The molecule has 0 unspecified atom stereocenters. The highest BCUT2D eigenvalue weighted by atomic mass is 32.2. The van der Waals surface area contributed by atoms with Gasteiger partial charge in [-0.25, -0.2) is 8.42 Å². The molecule has 0 spiro atoms. The van der Waals surface area contributed by atoms with Gasteiger partial charge in [0, 0.05) is 13.1 Å². The maximum absolute atomic E-state index is 12.2. The van der Waals surface area contributed by atoms with E-state index in [1.165, 1.54) is 4.31 Å². The third-order valence-electron chi connectivity index (χ3n) is 3.35. The smallest absolute Gasteiger partial charge is 0.216 e. The average Bonchev–Trinajstić information content (AvgIpc) is 2.37. The van der Waals surface area contributed by atoms with Crippen LogP contribution in [0.5, 0.6) is 5.75 Å². The Balaban J connectivity index is 2.04. The molecular weight excluding hydrogens is 278 g/mol. The van der Waals surface area contributed by atoms with E-state index in [2.05, 4.69) is 0 Å². The molecule has 0 saturated carbocycles. The second-order valence-electron chi connectivity index (χ2n) is 5.27. The van der Waals surface area contributed by atoms with Gasteiger partial charge in [0.25, 0.3) is 0 Å². The summed E-state index contributed by atoms with van der Waals surface area (Å²) < 4.78 is 31.3. The number of nitrogens with zero attached hydrogens (tertiary/aromatic N) is 1. The molecule has 1 heterocycles. The number of phenols is 1.